The van der Waals surface area contributed by atoms with Crippen molar-refractivity contribution < 1.29 is 23.1 Å². The molecule has 0 saturated heterocycles. The molecule has 2 atom stereocenters. The van der Waals surface area contributed by atoms with Crippen molar-refractivity contribution in [3.8, 4) is 11.1 Å². The van der Waals surface area contributed by atoms with Crippen LogP contribution < -0.4 is 0 Å². The highest BCUT2D eigenvalue weighted by Crippen LogP contribution is 2.34. The van der Waals surface area contributed by atoms with Gasteiger partial charge in [0.05, 0.1) is 23.1 Å². The van der Waals surface area contributed by atoms with Gasteiger partial charge >= 0.3 is 6.18 Å². The third kappa shape index (κ3) is 5.59. The average molecular weight is 558 g/mol. The summed E-state index contributed by atoms with van der Waals surface area (Å²) in [5.74, 6) is 0.0917. The Kier molecular flexibility index (Phi) is 7.75. The van der Waals surface area contributed by atoms with E-state index < -0.39 is 25.0 Å². The van der Waals surface area contributed by atoms with E-state index in [1.54, 1.807) is 60.9 Å². The van der Waals surface area contributed by atoms with Gasteiger partial charge in [0.25, 0.3) is 0 Å². The summed E-state index contributed by atoms with van der Waals surface area (Å²) < 4.78 is 39.5. The predicted molar refractivity (Wildman–Crippen MR) is 132 cm³/mol. The molecule has 2 heterocycles. The molecule has 36 heavy (non-hydrogen) atoms. The Balaban J connectivity index is 1.68. The van der Waals surface area contributed by atoms with Crippen LogP contribution in [0.15, 0.2) is 66.0 Å². The molecule has 0 saturated carbocycles. The number of hydrazone groups is 1. The van der Waals surface area contributed by atoms with Crippen molar-refractivity contribution >= 4 is 46.9 Å². The first kappa shape index (κ1) is 26.2. The summed E-state index contributed by atoms with van der Waals surface area (Å²) in [5.41, 5.74) is 2.36. The molecule has 0 spiro atoms. The summed E-state index contributed by atoms with van der Waals surface area (Å²) in [6, 6.07) is 13.2. The molecule has 0 amide bonds. The molecule has 0 radical (unpaired) electrons. The molecule has 6 nitrogen and oxygen atoms in total. The van der Waals surface area contributed by atoms with Gasteiger partial charge in [-0.25, -0.2) is 0 Å². The van der Waals surface area contributed by atoms with Gasteiger partial charge in [-0.2, -0.15) is 18.3 Å². The molecule has 12 heteroatoms. The van der Waals surface area contributed by atoms with Crippen LogP contribution in [0.5, 0.6) is 0 Å². The molecule has 0 fully saturated rings. The lowest BCUT2D eigenvalue weighted by Crippen LogP contribution is -2.49. The van der Waals surface area contributed by atoms with Crippen molar-refractivity contribution in [2.24, 2.45) is 5.10 Å². The van der Waals surface area contributed by atoms with E-state index >= 15 is 0 Å². The van der Waals surface area contributed by atoms with Gasteiger partial charge in [-0.1, -0.05) is 46.9 Å². The van der Waals surface area contributed by atoms with Crippen LogP contribution in [0.25, 0.3) is 11.1 Å². The van der Waals surface area contributed by atoms with E-state index in [1.807, 2.05) is 0 Å². The Bertz CT molecular complexity index is 1290. The predicted octanol–water partition coefficient (Wildman–Crippen LogP) is 5.64. The monoisotopic (exact) mass is 556 g/mol. The van der Waals surface area contributed by atoms with Crippen LogP contribution in [0, 0.1) is 0 Å². The molecule has 0 bridgehead atoms. The zero-order valence-corrected chi connectivity index (χ0v) is 20.6. The van der Waals surface area contributed by atoms with Crippen LogP contribution in [-0.4, -0.2) is 57.1 Å². The molecule has 1 N–H and O–H groups in total. The Morgan fingerprint density at radius 3 is 2.44 bits per heavy atom. The van der Waals surface area contributed by atoms with Gasteiger partial charge in [-0.15, -0.1) is 0 Å². The number of hydrogen-bond acceptors (Lipinski definition) is 6. The first-order chi connectivity index (χ1) is 17.1. The molecule has 188 valence electrons. The normalized spacial score (nSPS) is 16.8. The maximum absolute atomic E-state index is 13.2. The van der Waals surface area contributed by atoms with E-state index in [9.17, 15) is 23.1 Å². The van der Waals surface area contributed by atoms with Crippen LogP contribution in [0.3, 0.4) is 0 Å². The number of rotatable bonds is 7. The fourth-order valence-electron chi connectivity index (χ4n) is 3.74. The van der Waals surface area contributed by atoms with Crippen LogP contribution in [-0.2, 0) is 11.3 Å². The summed E-state index contributed by atoms with van der Waals surface area (Å²) in [5, 5.41) is 16.7. The third-order valence-corrected chi connectivity index (χ3v) is 6.56. The second-order valence-electron chi connectivity index (χ2n) is 7.97. The second-order valence-corrected chi connectivity index (χ2v) is 9.19. The minimum Gasteiger partial charge on any atom is -0.382 e. The Hall–Kier alpha value is -2.85. The molecular formula is C24H18Cl3F3N4O2. The smallest absolute Gasteiger partial charge is 0.382 e. The molecule has 2 aromatic carbocycles. The van der Waals surface area contributed by atoms with Gasteiger partial charge in [0.15, 0.2) is 24.4 Å². The van der Waals surface area contributed by atoms with E-state index in [1.165, 1.54) is 5.01 Å². The number of nitrogens with zero attached hydrogens (tertiary/aromatic N) is 4. The van der Waals surface area contributed by atoms with Crippen molar-refractivity contribution in [1.82, 2.24) is 14.9 Å². The highest BCUT2D eigenvalue weighted by molar-refractivity contribution is 6.43. The summed E-state index contributed by atoms with van der Waals surface area (Å²) in [6.07, 6.45) is -5.15. The number of aliphatic hydroxyl groups is 1. The fraction of sp³-hybridized carbons (Fsp3) is 0.208. The van der Waals surface area contributed by atoms with E-state index in [-0.39, 0.29) is 12.4 Å². The number of pyridine rings is 1. The number of aromatic nitrogens is 1. The Morgan fingerprint density at radius 1 is 1.06 bits per heavy atom. The molecule has 0 aliphatic carbocycles. The molecule has 4 rings (SSSR count). The molecule has 3 aromatic rings. The van der Waals surface area contributed by atoms with Crippen molar-refractivity contribution in [3.63, 3.8) is 0 Å². The molecular weight excluding hydrogens is 540 g/mol. The zero-order valence-electron chi connectivity index (χ0n) is 18.3. The van der Waals surface area contributed by atoms with Crippen molar-refractivity contribution in [2.45, 2.75) is 25.0 Å². The number of hydrogen-bond donors (Lipinski definition) is 1. The number of halogens is 6. The summed E-state index contributed by atoms with van der Waals surface area (Å²) in [7, 11) is 0. The minimum absolute atomic E-state index is 0.0398. The van der Waals surface area contributed by atoms with Crippen LogP contribution >= 0.6 is 34.8 Å². The topological polar surface area (TPSA) is 69.0 Å². The minimum atomic E-state index is -4.87. The number of alkyl halides is 3. The van der Waals surface area contributed by atoms with Crippen molar-refractivity contribution in [1.29, 1.82) is 0 Å². The van der Waals surface area contributed by atoms with Crippen LogP contribution in [0.1, 0.15) is 11.1 Å². The third-order valence-electron chi connectivity index (χ3n) is 5.49. The standard InChI is InChI=1S/C24H18Cl3F3N4O2/c25-17-6-4-15(5-7-17)23-32-34(21(13-35)33(23)12-20(36)24(28,29)30)11-14-8-16(10-31-9-14)18-2-1-3-19(26)22(18)27/h1-10,13,20-21,36H,11-12H2/t20-,21?/m0/s1. The van der Waals surface area contributed by atoms with Gasteiger partial charge in [-0.05, 0) is 42.0 Å². The Labute approximate surface area is 219 Å². The SMILES string of the molecule is O=CC1N(Cc2cncc(-c3cccc(Cl)c3Cl)c2)N=C(c2ccc(Cl)cc2)N1C[C@H](O)C(F)(F)F. The maximum atomic E-state index is 13.2. The number of aliphatic hydroxyl groups excluding tert-OH is 1. The van der Waals surface area contributed by atoms with Gasteiger partial charge in [0.1, 0.15) is 0 Å². The second kappa shape index (κ2) is 10.6. The van der Waals surface area contributed by atoms with E-state index in [0.29, 0.717) is 43.6 Å². The molecule has 1 unspecified atom stereocenters. The number of amidine groups is 1. The van der Waals surface area contributed by atoms with Crippen LogP contribution in [0.4, 0.5) is 13.2 Å². The van der Waals surface area contributed by atoms with Gasteiger partial charge in [0.2, 0.25) is 0 Å². The molecule has 1 aromatic heterocycles. The number of carbonyl (C=O) groups excluding carboxylic acids is 1. The van der Waals surface area contributed by atoms with Crippen molar-refractivity contribution in [2.75, 3.05) is 6.54 Å². The number of β-amino-alcohol motifs (C(OH)–C–C–N with tert-alkyl or cyclic N) is 1. The number of aldehydes is 1. The maximum Gasteiger partial charge on any atom is 0.416 e. The number of benzene rings is 2. The largest absolute Gasteiger partial charge is 0.416 e. The highest BCUT2D eigenvalue weighted by Gasteiger charge is 2.44. The van der Waals surface area contributed by atoms with Crippen LogP contribution in [0.2, 0.25) is 15.1 Å². The summed E-state index contributed by atoms with van der Waals surface area (Å²) in [4.78, 5) is 17.4. The molecule has 1 aliphatic rings. The summed E-state index contributed by atoms with van der Waals surface area (Å²) in [6.45, 7) is -0.848. The van der Waals surface area contributed by atoms with Gasteiger partial charge in [0, 0.05) is 34.1 Å². The van der Waals surface area contributed by atoms with Gasteiger partial charge in [-0.3, -0.25) is 14.8 Å². The lowest BCUT2D eigenvalue weighted by Gasteiger charge is -2.30. The quantitative estimate of drug-likeness (QED) is 0.381. The Morgan fingerprint density at radius 2 is 1.78 bits per heavy atom. The lowest BCUT2D eigenvalue weighted by molar-refractivity contribution is -0.207. The van der Waals surface area contributed by atoms with Gasteiger partial charge < -0.3 is 10.0 Å². The van der Waals surface area contributed by atoms with E-state index in [4.69, 9.17) is 34.8 Å². The highest BCUT2D eigenvalue weighted by atomic mass is 35.5. The fourth-order valence-corrected chi connectivity index (χ4v) is 4.27. The van der Waals surface area contributed by atoms with E-state index in [2.05, 4.69) is 10.1 Å². The average Bonchev–Trinajstić information content (AvgIpc) is 3.17. The first-order valence-electron chi connectivity index (χ1n) is 10.5. The lowest BCUT2D eigenvalue weighted by atomic mass is 10.1. The summed E-state index contributed by atoms with van der Waals surface area (Å²) >= 11 is 18.4. The zero-order chi connectivity index (χ0) is 26.0. The molecule has 1 aliphatic heterocycles. The van der Waals surface area contributed by atoms with E-state index in [0.717, 1.165) is 4.90 Å². The number of carbonyl (C=O) groups is 1. The van der Waals surface area contributed by atoms with Crippen molar-refractivity contribution in [3.05, 3.63) is 87.1 Å². The first-order valence-corrected chi connectivity index (χ1v) is 11.7.